The summed E-state index contributed by atoms with van der Waals surface area (Å²) < 4.78 is 1.80. The minimum Gasteiger partial charge on any atom is -0.266 e. The molecule has 0 bridgehead atoms. The van der Waals surface area contributed by atoms with Crippen molar-refractivity contribution in [2.75, 3.05) is 0 Å². The minimum absolute atomic E-state index is 0.208. The standard InChI is InChI=1S/C23H21N5OS/c1-3-20-16(2)13-21(30-20)23(29)26-25-14-18-15-28(19-7-5-4-6-8-19)27-22(18)17-9-11-24-12-10-17/h4-15H,3H2,1-2H3,(H,26,29)/b25-14-. The van der Waals surface area contributed by atoms with Gasteiger partial charge in [-0.2, -0.15) is 10.2 Å². The number of pyridine rings is 1. The average molecular weight is 416 g/mol. The van der Waals surface area contributed by atoms with Crippen LogP contribution in [0.25, 0.3) is 16.9 Å². The number of hydrogen-bond donors (Lipinski definition) is 1. The van der Waals surface area contributed by atoms with Crippen LogP contribution in [0.4, 0.5) is 0 Å². The van der Waals surface area contributed by atoms with E-state index in [9.17, 15) is 4.79 Å². The first-order valence-corrected chi connectivity index (χ1v) is 10.5. The van der Waals surface area contributed by atoms with E-state index in [2.05, 4.69) is 22.4 Å². The Labute approximate surface area is 178 Å². The minimum atomic E-state index is -0.208. The molecule has 6 nitrogen and oxygen atoms in total. The third-order valence-electron chi connectivity index (χ3n) is 4.65. The first-order valence-electron chi connectivity index (χ1n) is 9.64. The number of amides is 1. The molecule has 3 aromatic heterocycles. The van der Waals surface area contributed by atoms with Gasteiger partial charge in [0.2, 0.25) is 0 Å². The summed E-state index contributed by atoms with van der Waals surface area (Å²) in [6.07, 6.45) is 7.89. The molecule has 0 saturated heterocycles. The van der Waals surface area contributed by atoms with Gasteiger partial charge in [0.05, 0.1) is 16.8 Å². The molecule has 30 heavy (non-hydrogen) atoms. The SMILES string of the molecule is CCc1sc(C(=O)N/N=C\c2cn(-c3ccccc3)nc2-c2ccncc2)cc1C. The topological polar surface area (TPSA) is 72.2 Å². The van der Waals surface area contributed by atoms with Crippen LogP contribution in [0, 0.1) is 6.92 Å². The van der Waals surface area contributed by atoms with Crippen LogP contribution in [0.1, 0.15) is 32.6 Å². The molecule has 0 unspecified atom stereocenters. The summed E-state index contributed by atoms with van der Waals surface area (Å²) in [7, 11) is 0. The van der Waals surface area contributed by atoms with Crippen LogP contribution < -0.4 is 5.43 Å². The van der Waals surface area contributed by atoms with Gasteiger partial charge in [0, 0.05) is 34.6 Å². The Hall–Kier alpha value is -3.58. The molecule has 0 saturated carbocycles. The van der Waals surface area contributed by atoms with Crippen LogP contribution in [-0.2, 0) is 6.42 Å². The Kier molecular flexibility index (Phi) is 5.81. The van der Waals surface area contributed by atoms with Gasteiger partial charge in [0.25, 0.3) is 5.91 Å². The molecule has 0 radical (unpaired) electrons. The summed E-state index contributed by atoms with van der Waals surface area (Å²) in [6, 6.07) is 15.6. The summed E-state index contributed by atoms with van der Waals surface area (Å²) in [5.41, 5.74) is 7.20. The number of hydrazone groups is 1. The van der Waals surface area contributed by atoms with Gasteiger partial charge in [0.15, 0.2) is 0 Å². The van der Waals surface area contributed by atoms with E-state index in [0.29, 0.717) is 4.88 Å². The van der Waals surface area contributed by atoms with Gasteiger partial charge in [-0.3, -0.25) is 9.78 Å². The maximum Gasteiger partial charge on any atom is 0.281 e. The highest BCUT2D eigenvalue weighted by molar-refractivity contribution is 7.14. The monoisotopic (exact) mass is 415 g/mol. The van der Waals surface area contributed by atoms with E-state index in [1.165, 1.54) is 16.2 Å². The van der Waals surface area contributed by atoms with Crippen molar-refractivity contribution < 1.29 is 4.79 Å². The number of nitrogens with zero attached hydrogens (tertiary/aromatic N) is 4. The van der Waals surface area contributed by atoms with Crippen LogP contribution in [-0.4, -0.2) is 26.9 Å². The first-order chi connectivity index (χ1) is 14.7. The smallest absolute Gasteiger partial charge is 0.266 e. The molecule has 0 aliphatic rings. The molecule has 0 aliphatic heterocycles. The maximum absolute atomic E-state index is 12.5. The number of benzene rings is 1. The molecule has 7 heteroatoms. The summed E-state index contributed by atoms with van der Waals surface area (Å²) in [5.74, 6) is -0.208. The first kappa shape index (κ1) is 19.7. The van der Waals surface area contributed by atoms with Gasteiger partial charge in [-0.15, -0.1) is 11.3 Å². The maximum atomic E-state index is 12.5. The third kappa shape index (κ3) is 4.21. The lowest BCUT2D eigenvalue weighted by Crippen LogP contribution is -2.16. The van der Waals surface area contributed by atoms with Crippen LogP contribution in [0.3, 0.4) is 0 Å². The molecule has 1 aromatic carbocycles. The quantitative estimate of drug-likeness (QED) is 0.369. The molecule has 1 amide bonds. The number of para-hydroxylation sites is 1. The van der Waals surface area contributed by atoms with Crippen molar-refractivity contribution in [2.24, 2.45) is 5.10 Å². The largest absolute Gasteiger partial charge is 0.281 e. The number of carbonyl (C=O) groups excluding carboxylic acids is 1. The number of aromatic nitrogens is 3. The summed E-state index contributed by atoms with van der Waals surface area (Å²) >= 11 is 1.51. The third-order valence-corrected chi connectivity index (χ3v) is 6.03. The fourth-order valence-electron chi connectivity index (χ4n) is 3.13. The van der Waals surface area contributed by atoms with Gasteiger partial charge >= 0.3 is 0 Å². The van der Waals surface area contributed by atoms with E-state index in [4.69, 9.17) is 5.10 Å². The summed E-state index contributed by atoms with van der Waals surface area (Å²) in [5, 5.41) is 8.91. The van der Waals surface area contributed by atoms with Crippen molar-refractivity contribution in [3.63, 3.8) is 0 Å². The number of rotatable bonds is 6. The van der Waals surface area contributed by atoms with Crippen LogP contribution in [0.15, 0.2) is 72.2 Å². The molecule has 0 fully saturated rings. The highest BCUT2D eigenvalue weighted by Gasteiger charge is 2.13. The Bertz CT molecular complexity index is 1180. The van der Waals surface area contributed by atoms with Gasteiger partial charge in [-0.25, -0.2) is 10.1 Å². The van der Waals surface area contributed by atoms with E-state index in [1.807, 2.05) is 61.7 Å². The zero-order valence-corrected chi connectivity index (χ0v) is 17.6. The average Bonchev–Trinajstić information content (AvgIpc) is 3.38. The lowest BCUT2D eigenvalue weighted by molar-refractivity contribution is 0.0959. The Morgan fingerprint density at radius 3 is 2.67 bits per heavy atom. The molecule has 0 spiro atoms. The molecule has 150 valence electrons. The highest BCUT2D eigenvalue weighted by atomic mass is 32.1. The van der Waals surface area contributed by atoms with Gasteiger partial charge in [-0.05, 0) is 49.2 Å². The van der Waals surface area contributed by atoms with E-state index < -0.39 is 0 Å². The van der Waals surface area contributed by atoms with E-state index in [0.717, 1.165) is 34.5 Å². The Morgan fingerprint density at radius 1 is 1.20 bits per heavy atom. The molecule has 0 aliphatic carbocycles. The molecule has 1 N–H and O–H groups in total. The number of thiophene rings is 1. The van der Waals surface area contributed by atoms with Crippen LogP contribution in [0.5, 0.6) is 0 Å². The van der Waals surface area contributed by atoms with Crippen molar-refractivity contribution in [1.82, 2.24) is 20.2 Å². The van der Waals surface area contributed by atoms with Crippen LogP contribution in [0.2, 0.25) is 0 Å². The molecular formula is C23H21N5OS. The predicted octanol–water partition coefficient (Wildman–Crippen LogP) is 4.63. The second kappa shape index (κ2) is 8.84. The summed E-state index contributed by atoms with van der Waals surface area (Å²) in [6.45, 7) is 4.11. The number of nitrogens with one attached hydrogen (secondary N) is 1. The fourth-order valence-corrected chi connectivity index (χ4v) is 4.13. The van der Waals surface area contributed by atoms with E-state index in [1.54, 1.807) is 23.3 Å². The van der Waals surface area contributed by atoms with E-state index >= 15 is 0 Å². The molecule has 4 rings (SSSR count). The zero-order chi connectivity index (χ0) is 20.9. The predicted molar refractivity (Wildman–Crippen MR) is 120 cm³/mol. The zero-order valence-electron chi connectivity index (χ0n) is 16.7. The normalized spacial score (nSPS) is 11.1. The lowest BCUT2D eigenvalue weighted by Gasteiger charge is -2.00. The van der Waals surface area contributed by atoms with E-state index in [-0.39, 0.29) is 5.91 Å². The highest BCUT2D eigenvalue weighted by Crippen LogP contribution is 2.23. The summed E-state index contributed by atoms with van der Waals surface area (Å²) in [4.78, 5) is 18.4. The number of aryl methyl sites for hydroxylation is 2. The van der Waals surface area contributed by atoms with Crippen molar-refractivity contribution in [3.05, 3.63) is 88.0 Å². The number of carbonyl (C=O) groups is 1. The van der Waals surface area contributed by atoms with Gasteiger partial charge in [0.1, 0.15) is 5.69 Å². The van der Waals surface area contributed by atoms with Gasteiger partial charge < -0.3 is 0 Å². The van der Waals surface area contributed by atoms with Crippen molar-refractivity contribution in [2.45, 2.75) is 20.3 Å². The lowest BCUT2D eigenvalue weighted by atomic mass is 10.1. The van der Waals surface area contributed by atoms with Crippen molar-refractivity contribution >= 4 is 23.5 Å². The van der Waals surface area contributed by atoms with Crippen LogP contribution >= 0.6 is 11.3 Å². The van der Waals surface area contributed by atoms with Crippen molar-refractivity contribution in [1.29, 1.82) is 0 Å². The Morgan fingerprint density at radius 2 is 1.97 bits per heavy atom. The fraction of sp³-hybridized carbons (Fsp3) is 0.130. The molecule has 0 atom stereocenters. The molecular weight excluding hydrogens is 394 g/mol. The second-order valence-electron chi connectivity index (χ2n) is 6.72. The van der Waals surface area contributed by atoms with Gasteiger partial charge in [-0.1, -0.05) is 25.1 Å². The Balaban J connectivity index is 1.60. The number of hydrogen-bond acceptors (Lipinski definition) is 5. The molecule has 4 aromatic rings. The molecule has 3 heterocycles. The second-order valence-corrected chi connectivity index (χ2v) is 7.86. The van der Waals surface area contributed by atoms with Crippen molar-refractivity contribution in [3.8, 4) is 16.9 Å².